The maximum Gasteiger partial charge on any atom is 0.0737 e. The standard InChI is InChI=1S/C15H18ClN/c1-3-6-11(4-2)14-10-13(16)9-12-7-5-8-17-15(12)14/h5,7-11H,3-4,6H2,1-2H3. The van der Waals surface area contributed by atoms with Crippen molar-refractivity contribution in [2.75, 3.05) is 0 Å². The molecule has 0 saturated heterocycles. The maximum absolute atomic E-state index is 6.20. The van der Waals surface area contributed by atoms with E-state index in [9.17, 15) is 0 Å². The molecule has 0 aliphatic heterocycles. The average Bonchev–Trinajstić information content (AvgIpc) is 2.35. The summed E-state index contributed by atoms with van der Waals surface area (Å²) in [5, 5.41) is 1.96. The zero-order valence-corrected chi connectivity index (χ0v) is 11.2. The summed E-state index contributed by atoms with van der Waals surface area (Å²) in [5.41, 5.74) is 2.41. The van der Waals surface area contributed by atoms with Crippen molar-refractivity contribution in [3.05, 3.63) is 41.0 Å². The van der Waals surface area contributed by atoms with Crippen LogP contribution >= 0.6 is 11.6 Å². The van der Waals surface area contributed by atoms with Crippen LogP contribution in [-0.2, 0) is 0 Å². The first-order valence-electron chi connectivity index (χ1n) is 6.30. The van der Waals surface area contributed by atoms with Crippen molar-refractivity contribution >= 4 is 22.5 Å². The van der Waals surface area contributed by atoms with Crippen LogP contribution in [0, 0.1) is 0 Å². The van der Waals surface area contributed by atoms with Crippen LogP contribution in [0.1, 0.15) is 44.6 Å². The average molecular weight is 248 g/mol. The second-order valence-electron chi connectivity index (χ2n) is 4.46. The normalized spacial score (nSPS) is 12.9. The third-order valence-electron chi connectivity index (χ3n) is 3.27. The van der Waals surface area contributed by atoms with Crippen LogP contribution < -0.4 is 0 Å². The third-order valence-corrected chi connectivity index (χ3v) is 3.49. The number of benzene rings is 1. The molecule has 90 valence electrons. The molecule has 0 aliphatic rings. The van der Waals surface area contributed by atoms with Crippen LogP contribution in [0.25, 0.3) is 10.9 Å². The van der Waals surface area contributed by atoms with E-state index in [1.807, 2.05) is 18.3 Å². The maximum atomic E-state index is 6.20. The minimum absolute atomic E-state index is 0.566. The van der Waals surface area contributed by atoms with Gasteiger partial charge in [0.1, 0.15) is 0 Å². The first-order chi connectivity index (χ1) is 8.26. The molecule has 2 aromatic rings. The fraction of sp³-hybridized carbons (Fsp3) is 0.400. The molecule has 0 aliphatic carbocycles. The van der Waals surface area contributed by atoms with Crippen molar-refractivity contribution in [3.63, 3.8) is 0 Å². The minimum atomic E-state index is 0.566. The summed E-state index contributed by atoms with van der Waals surface area (Å²) < 4.78 is 0. The SMILES string of the molecule is CCCC(CC)c1cc(Cl)cc2cccnc12. The molecule has 0 saturated carbocycles. The molecule has 0 N–H and O–H groups in total. The van der Waals surface area contributed by atoms with Gasteiger partial charge in [-0.15, -0.1) is 0 Å². The van der Waals surface area contributed by atoms with E-state index >= 15 is 0 Å². The summed E-state index contributed by atoms with van der Waals surface area (Å²) in [6, 6.07) is 8.12. The van der Waals surface area contributed by atoms with Crippen LogP contribution in [0.5, 0.6) is 0 Å². The van der Waals surface area contributed by atoms with Crippen molar-refractivity contribution in [1.29, 1.82) is 0 Å². The molecule has 1 heterocycles. The highest BCUT2D eigenvalue weighted by Gasteiger charge is 2.13. The van der Waals surface area contributed by atoms with Crippen LogP contribution in [-0.4, -0.2) is 4.98 Å². The summed E-state index contributed by atoms with van der Waals surface area (Å²) in [6.45, 7) is 4.46. The van der Waals surface area contributed by atoms with Gasteiger partial charge in [-0.05, 0) is 42.5 Å². The predicted octanol–water partition coefficient (Wildman–Crippen LogP) is 5.18. The van der Waals surface area contributed by atoms with E-state index in [0.717, 1.165) is 22.3 Å². The van der Waals surface area contributed by atoms with Gasteiger partial charge in [0.2, 0.25) is 0 Å². The number of halogens is 1. The van der Waals surface area contributed by atoms with Crippen LogP contribution in [0.3, 0.4) is 0 Å². The molecule has 17 heavy (non-hydrogen) atoms. The zero-order valence-electron chi connectivity index (χ0n) is 10.4. The minimum Gasteiger partial charge on any atom is -0.256 e. The zero-order chi connectivity index (χ0) is 12.3. The summed E-state index contributed by atoms with van der Waals surface area (Å²) in [7, 11) is 0. The van der Waals surface area contributed by atoms with Gasteiger partial charge in [-0.1, -0.05) is 37.9 Å². The van der Waals surface area contributed by atoms with Gasteiger partial charge in [-0.3, -0.25) is 4.98 Å². The van der Waals surface area contributed by atoms with E-state index < -0.39 is 0 Å². The molecule has 1 nitrogen and oxygen atoms in total. The Morgan fingerprint density at radius 2 is 2.12 bits per heavy atom. The molecule has 0 bridgehead atoms. The quantitative estimate of drug-likeness (QED) is 0.725. The van der Waals surface area contributed by atoms with Gasteiger partial charge in [0.15, 0.2) is 0 Å². The van der Waals surface area contributed by atoms with E-state index in [2.05, 4.69) is 31.0 Å². The Bertz CT molecular complexity index is 507. The number of hydrogen-bond donors (Lipinski definition) is 0. The number of aromatic nitrogens is 1. The molecule has 0 spiro atoms. The van der Waals surface area contributed by atoms with Crippen molar-refractivity contribution in [3.8, 4) is 0 Å². The highest BCUT2D eigenvalue weighted by Crippen LogP contribution is 2.32. The van der Waals surface area contributed by atoms with Gasteiger partial charge >= 0.3 is 0 Å². The lowest BCUT2D eigenvalue weighted by atomic mass is 9.90. The van der Waals surface area contributed by atoms with E-state index in [1.54, 1.807) is 0 Å². The van der Waals surface area contributed by atoms with Gasteiger partial charge in [0.05, 0.1) is 5.52 Å². The van der Waals surface area contributed by atoms with E-state index in [0.29, 0.717) is 5.92 Å². The third kappa shape index (κ3) is 2.61. The summed E-state index contributed by atoms with van der Waals surface area (Å²) in [5.74, 6) is 0.566. The molecule has 2 rings (SSSR count). The second-order valence-corrected chi connectivity index (χ2v) is 4.90. The Kier molecular flexibility index (Phi) is 4.01. The lowest BCUT2D eigenvalue weighted by molar-refractivity contribution is 0.599. The summed E-state index contributed by atoms with van der Waals surface area (Å²) in [4.78, 5) is 4.51. The Morgan fingerprint density at radius 1 is 1.29 bits per heavy atom. The van der Waals surface area contributed by atoms with Crippen molar-refractivity contribution in [2.45, 2.75) is 39.0 Å². The fourth-order valence-corrected chi connectivity index (χ4v) is 2.66. The monoisotopic (exact) mass is 247 g/mol. The first kappa shape index (κ1) is 12.4. The second kappa shape index (κ2) is 5.50. The van der Waals surface area contributed by atoms with Gasteiger partial charge in [0.25, 0.3) is 0 Å². The molecule has 0 fully saturated rings. The highest BCUT2D eigenvalue weighted by molar-refractivity contribution is 6.31. The van der Waals surface area contributed by atoms with E-state index in [-0.39, 0.29) is 0 Å². The summed E-state index contributed by atoms with van der Waals surface area (Å²) in [6.07, 6.45) is 5.39. The highest BCUT2D eigenvalue weighted by atomic mass is 35.5. The van der Waals surface area contributed by atoms with Gasteiger partial charge in [0, 0.05) is 16.6 Å². The van der Waals surface area contributed by atoms with Crippen molar-refractivity contribution in [2.24, 2.45) is 0 Å². The van der Waals surface area contributed by atoms with E-state index in [1.165, 1.54) is 18.4 Å². The van der Waals surface area contributed by atoms with Gasteiger partial charge < -0.3 is 0 Å². The Labute approximate surface area is 108 Å². The fourth-order valence-electron chi connectivity index (χ4n) is 2.42. The largest absolute Gasteiger partial charge is 0.256 e. The molecular weight excluding hydrogens is 230 g/mol. The number of pyridine rings is 1. The molecule has 1 aromatic heterocycles. The first-order valence-corrected chi connectivity index (χ1v) is 6.68. The van der Waals surface area contributed by atoms with Crippen LogP contribution in [0.15, 0.2) is 30.5 Å². The number of rotatable bonds is 4. The van der Waals surface area contributed by atoms with Crippen LogP contribution in [0.4, 0.5) is 0 Å². The van der Waals surface area contributed by atoms with Crippen molar-refractivity contribution in [1.82, 2.24) is 4.98 Å². The number of fused-ring (bicyclic) bond motifs is 1. The van der Waals surface area contributed by atoms with Crippen LogP contribution in [0.2, 0.25) is 5.02 Å². The lowest BCUT2D eigenvalue weighted by Gasteiger charge is -2.16. The van der Waals surface area contributed by atoms with Crippen molar-refractivity contribution < 1.29 is 0 Å². The summed E-state index contributed by atoms with van der Waals surface area (Å²) >= 11 is 6.20. The molecular formula is C15H18ClN. The number of nitrogens with zero attached hydrogens (tertiary/aromatic N) is 1. The van der Waals surface area contributed by atoms with Gasteiger partial charge in [-0.25, -0.2) is 0 Å². The smallest absolute Gasteiger partial charge is 0.0737 e. The molecule has 1 atom stereocenters. The lowest BCUT2D eigenvalue weighted by Crippen LogP contribution is -1.99. The molecule has 0 amide bonds. The molecule has 0 radical (unpaired) electrons. The predicted molar refractivity (Wildman–Crippen MR) is 74.7 cm³/mol. The Morgan fingerprint density at radius 3 is 2.82 bits per heavy atom. The van der Waals surface area contributed by atoms with E-state index in [4.69, 9.17) is 11.6 Å². The van der Waals surface area contributed by atoms with Gasteiger partial charge in [-0.2, -0.15) is 0 Å². The molecule has 1 aromatic carbocycles. The molecule has 2 heteroatoms. The Balaban J connectivity index is 2.58. The topological polar surface area (TPSA) is 12.9 Å². The molecule has 1 unspecified atom stereocenters. The number of hydrogen-bond acceptors (Lipinski definition) is 1. The Hall–Kier alpha value is -1.08.